The minimum Gasteiger partial charge on any atom is -0.497 e. The molecule has 0 bridgehead atoms. The van der Waals surface area contributed by atoms with Crippen molar-refractivity contribution in [3.05, 3.63) is 29.8 Å². The maximum atomic E-state index is 5.95. The smallest absolute Gasteiger partial charge is 0.497 e. The maximum Gasteiger partial charge on any atom is 0.508 e. The molecule has 5 heteroatoms. The van der Waals surface area contributed by atoms with Crippen molar-refractivity contribution < 1.29 is 18.0 Å². The van der Waals surface area contributed by atoms with Crippen LogP contribution in [-0.2, 0) is 13.3 Å². The van der Waals surface area contributed by atoms with E-state index in [1.807, 2.05) is 45.0 Å². The van der Waals surface area contributed by atoms with Crippen molar-refractivity contribution in [2.75, 3.05) is 26.9 Å². The number of methoxy groups -OCH3 is 1. The Balaban J connectivity index is 3.02. The molecule has 1 aromatic rings. The zero-order valence-electron chi connectivity index (χ0n) is 13.1. The molecule has 1 rings (SSSR count). The molecule has 0 radical (unpaired) electrons. The van der Waals surface area contributed by atoms with Gasteiger partial charge in [-0.15, -0.1) is 0 Å². The lowest BCUT2D eigenvalue weighted by Gasteiger charge is -2.33. The summed E-state index contributed by atoms with van der Waals surface area (Å²) in [5, 5.41) is 0. The second-order valence-electron chi connectivity index (χ2n) is 4.40. The highest BCUT2D eigenvalue weighted by atomic mass is 28.4. The fourth-order valence-corrected chi connectivity index (χ4v) is 5.01. The number of benzene rings is 1. The van der Waals surface area contributed by atoms with Crippen LogP contribution in [0.3, 0.4) is 0 Å². The Morgan fingerprint density at radius 3 is 1.70 bits per heavy atom. The molecule has 0 aliphatic rings. The molecular formula is C15H26O4Si. The van der Waals surface area contributed by atoms with Crippen molar-refractivity contribution in [3.63, 3.8) is 0 Å². The van der Waals surface area contributed by atoms with Gasteiger partial charge >= 0.3 is 8.80 Å². The van der Waals surface area contributed by atoms with Crippen LogP contribution in [0.4, 0.5) is 0 Å². The molecule has 0 aliphatic carbocycles. The van der Waals surface area contributed by atoms with E-state index in [2.05, 4.69) is 6.92 Å². The fraction of sp³-hybridized carbons (Fsp3) is 0.600. The van der Waals surface area contributed by atoms with Gasteiger partial charge in [0.1, 0.15) is 5.75 Å². The van der Waals surface area contributed by atoms with Gasteiger partial charge in [0.2, 0.25) is 0 Å². The van der Waals surface area contributed by atoms with Crippen LogP contribution in [0.25, 0.3) is 0 Å². The third-order valence-corrected chi connectivity index (χ3v) is 6.65. The minimum absolute atomic E-state index is 0.0910. The van der Waals surface area contributed by atoms with Crippen LogP contribution in [0, 0.1) is 0 Å². The third kappa shape index (κ3) is 4.05. The van der Waals surface area contributed by atoms with Crippen LogP contribution in [0.1, 0.15) is 38.8 Å². The average molecular weight is 298 g/mol. The SMILES string of the molecule is CCO[Si](OCC)(OCC)C(C)c1ccc(OC)cc1. The standard InChI is InChI=1S/C15H26O4Si/c1-6-17-20(18-7-2,19-8-3)13(4)14-9-11-15(16-5)12-10-14/h9-13H,6-8H2,1-5H3. The summed E-state index contributed by atoms with van der Waals surface area (Å²) in [7, 11) is -1.04. The molecule has 0 aliphatic heterocycles. The molecule has 20 heavy (non-hydrogen) atoms. The van der Waals surface area contributed by atoms with E-state index >= 15 is 0 Å². The minimum atomic E-state index is -2.71. The largest absolute Gasteiger partial charge is 0.508 e. The van der Waals surface area contributed by atoms with E-state index in [4.69, 9.17) is 18.0 Å². The zero-order valence-corrected chi connectivity index (χ0v) is 14.1. The Hall–Kier alpha value is -0.883. The second-order valence-corrected chi connectivity index (χ2v) is 7.34. The predicted octanol–water partition coefficient (Wildman–Crippen LogP) is 3.39. The number of ether oxygens (including phenoxy) is 1. The Morgan fingerprint density at radius 1 is 0.900 bits per heavy atom. The van der Waals surface area contributed by atoms with Crippen LogP contribution in [0.2, 0.25) is 0 Å². The quantitative estimate of drug-likeness (QED) is 0.655. The Morgan fingerprint density at radius 2 is 1.35 bits per heavy atom. The highest BCUT2D eigenvalue weighted by Gasteiger charge is 2.47. The van der Waals surface area contributed by atoms with Crippen molar-refractivity contribution >= 4 is 8.80 Å². The van der Waals surface area contributed by atoms with Crippen molar-refractivity contribution in [1.82, 2.24) is 0 Å². The van der Waals surface area contributed by atoms with Crippen molar-refractivity contribution in [1.29, 1.82) is 0 Å². The lowest BCUT2D eigenvalue weighted by Crippen LogP contribution is -2.51. The highest BCUT2D eigenvalue weighted by molar-refractivity contribution is 6.62. The molecule has 0 N–H and O–H groups in total. The number of rotatable bonds is 9. The Kier molecular flexibility index (Phi) is 7.22. The van der Waals surface area contributed by atoms with E-state index in [0.29, 0.717) is 19.8 Å². The Labute approximate surface area is 123 Å². The number of hydrogen-bond acceptors (Lipinski definition) is 4. The topological polar surface area (TPSA) is 36.9 Å². The van der Waals surface area contributed by atoms with Gasteiger partial charge in [0.05, 0.1) is 12.7 Å². The van der Waals surface area contributed by atoms with Crippen LogP contribution in [0.5, 0.6) is 5.75 Å². The highest BCUT2D eigenvalue weighted by Crippen LogP contribution is 2.30. The van der Waals surface area contributed by atoms with Gasteiger partial charge in [0, 0.05) is 19.8 Å². The van der Waals surface area contributed by atoms with E-state index in [1.165, 1.54) is 0 Å². The summed E-state index contributed by atoms with van der Waals surface area (Å²) >= 11 is 0. The van der Waals surface area contributed by atoms with Gasteiger partial charge in [-0.3, -0.25) is 0 Å². The summed E-state index contributed by atoms with van der Waals surface area (Å²) in [6.07, 6.45) is 0. The van der Waals surface area contributed by atoms with E-state index in [9.17, 15) is 0 Å². The summed E-state index contributed by atoms with van der Waals surface area (Å²) in [5.41, 5.74) is 1.24. The molecular weight excluding hydrogens is 272 g/mol. The molecule has 4 nitrogen and oxygen atoms in total. The van der Waals surface area contributed by atoms with Crippen molar-refractivity contribution in [3.8, 4) is 5.75 Å². The van der Waals surface area contributed by atoms with E-state index < -0.39 is 8.80 Å². The molecule has 1 atom stereocenters. The average Bonchev–Trinajstić information content (AvgIpc) is 2.47. The van der Waals surface area contributed by atoms with Gasteiger partial charge in [-0.05, 0) is 38.5 Å². The van der Waals surface area contributed by atoms with Gasteiger partial charge in [0.15, 0.2) is 0 Å². The van der Waals surface area contributed by atoms with E-state index in [-0.39, 0.29) is 5.54 Å². The van der Waals surface area contributed by atoms with Gasteiger partial charge < -0.3 is 18.0 Å². The van der Waals surface area contributed by atoms with E-state index in [0.717, 1.165) is 11.3 Å². The van der Waals surface area contributed by atoms with Gasteiger partial charge in [-0.2, -0.15) is 0 Å². The summed E-state index contributed by atoms with van der Waals surface area (Å²) in [4.78, 5) is 0. The summed E-state index contributed by atoms with van der Waals surface area (Å²) in [5.74, 6) is 0.845. The first-order valence-electron chi connectivity index (χ1n) is 7.19. The molecule has 1 unspecified atom stereocenters. The lowest BCUT2D eigenvalue weighted by atomic mass is 10.1. The molecule has 1 aromatic carbocycles. The Bertz CT molecular complexity index is 363. The van der Waals surface area contributed by atoms with Crippen molar-refractivity contribution in [2.45, 2.75) is 33.2 Å². The van der Waals surface area contributed by atoms with Crippen LogP contribution >= 0.6 is 0 Å². The molecule has 0 heterocycles. The van der Waals surface area contributed by atoms with E-state index in [1.54, 1.807) is 7.11 Å². The van der Waals surface area contributed by atoms with Gasteiger partial charge in [-0.25, -0.2) is 0 Å². The molecule has 0 aromatic heterocycles. The number of hydrogen-bond donors (Lipinski definition) is 0. The summed E-state index contributed by atoms with van der Waals surface area (Å²) in [6.45, 7) is 9.79. The normalized spacial score (nSPS) is 13.2. The first-order chi connectivity index (χ1) is 9.63. The predicted molar refractivity (Wildman–Crippen MR) is 82.0 cm³/mol. The van der Waals surface area contributed by atoms with Gasteiger partial charge in [-0.1, -0.05) is 19.1 Å². The summed E-state index contributed by atoms with van der Waals surface area (Å²) in [6, 6.07) is 7.99. The molecule has 0 fully saturated rings. The molecule has 0 spiro atoms. The van der Waals surface area contributed by atoms with Crippen molar-refractivity contribution in [2.24, 2.45) is 0 Å². The van der Waals surface area contributed by atoms with Gasteiger partial charge in [0.25, 0.3) is 0 Å². The van der Waals surface area contributed by atoms with Crippen LogP contribution in [0.15, 0.2) is 24.3 Å². The molecule has 0 amide bonds. The molecule has 0 saturated heterocycles. The summed E-state index contributed by atoms with van der Waals surface area (Å²) < 4.78 is 23.0. The fourth-order valence-electron chi connectivity index (χ4n) is 2.20. The lowest BCUT2D eigenvalue weighted by molar-refractivity contribution is 0.0633. The zero-order chi connectivity index (χ0) is 15.0. The van der Waals surface area contributed by atoms with Crippen LogP contribution < -0.4 is 4.74 Å². The molecule has 0 saturated carbocycles. The first kappa shape index (κ1) is 17.2. The third-order valence-electron chi connectivity index (χ3n) is 3.18. The first-order valence-corrected chi connectivity index (χ1v) is 8.99. The molecule has 114 valence electrons. The monoisotopic (exact) mass is 298 g/mol. The second kappa shape index (κ2) is 8.41. The maximum absolute atomic E-state index is 5.95. The van der Waals surface area contributed by atoms with Crippen LogP contribution in [-0.4, -0.2) is 35.7 Å².